The van der Waals surface area contributed by atoms with Crippen LogP contribution in [0.15, 0.2) is 53.4 Å². The molecule has 2 unspecified atom stereocenters. The molecule has 1 nitrogen and oxygen atoms in total. The maximum absolute atomic E-state index is 13.9. The molecule has 0 radical (unpaired) electrons. The Kier molecular flexibility index (Phi) is 4.86. The number of hydrogen-bond donors (Lipinski definition) is 1. The SMILES string of the molecule is CC(N)C(Sc1ccccc1Cl)c1ccccc1F. The molecule has 100 valence electrons. The van der Waals surface area contributed by atoms with Crippen molar-refractivity contribution in [2.24, 2.45) is 5.73 Å². The van der Waals surface area contributed by atoms with E-state index in [0.717, 1.165) is 4.90 Å². The van der Waals surface area contributed by atoms with Gasteiger partial charge in [0.25, 0.3) is 0 Å². The molecule has 4 heteroatoms. The maximum atomic E-state index is 13.9. The summed E-state index contributed by atoms with van der Waals surface area (Å²) in [6, 6.07) is 14.1. The Morgan fingerprint density at radius 2 is 1.74 bits per heavy atom. The molecular formula is C15H15ClFNS. The molecule has 0 aliphatic heterocycles. The van der Waals surface area contributed by atoms with Crippen LogP contribution in [0.1, 0.15) is 17.7 Å². The van der Waals surface area contributed by atoms with Crippen molar-refractivity contribution < 1.29 is 4.39 Å². The van der Waals surface area contributed by atoms with Crippen LogP contribution in [-0.2, 0) is 0 Å². The van der Waals surface area contributed by atoms with Crippen molar-refractivity contribution in [2.45, 2.75) is 23.1 Å². The summed E-state index contributed by atoms with van der Waals surface area (Å²) in [5, 5.41) is 0.496. The van der Waals surface area contributed by atoms with Gasteiger partial charge in [0.2, 0.25) is 0 Å². The van der Waals surface area contributed by atoms with Gasteiger partial charge in [-0.15, -0.1) is 11.8 Å². The molecule has 2 rings (SSSR count). The van der Waals surface area contributed by atoms with Gasteiger partial charge in [0.05, 0.1) is 10.3 Å². The Labute approximate surface area is 122 Å². The van der Waals surface area contributed by atoms with Crippen LogP contribution in [0.3, 0.4) is 0 Å². The van der Waals surface area contributed by atoms with E-state index in [0.29, 0.717) is 10.6 Å². The summed E-state index contributed by atoms with van der Waals surface area (Å²) in [4.78, 5) is 0.912. The van der Waals surface area contributed by atoms with E-state index < -0.39 is 0 Å². The Bertz CT molecular complexity index is 559. The normalized spacial score (nSPS) is 14.1. The molecule has 19 heavy (non-hydrogen) atoms. The highest BCUT2D eigenvalue weighted by Gasteiger charge is 2.21. The third kappa shape index (κ3) is 3.50. The third-order valence-electron chi connectivity index (χ3n) is 2.78. The minimum absolute atomic E-state index is 0.166. The van der Waals surface area contributed by atoms with E-state index in [1.807, 2.05) is 37.3 Å². The Morgan fingerprint density at radius 3 is 2.37 bits per heavy atom. The summed E-state index contributed by atoms with van der Waals surface area (Å²) < 4.78 is 13.9. The Balaban J connectivity index is 2.33. The molecule has 2 N–H and O–H groups in total. The van der Waals surface area contributed by atoms with Crippen molar-refractivity contribution >= 4 is 23.4 Å². The van der Waals surface area contributed by atoms with Crippen molar-refractivity contribution in [1.82, 2.24) is 0 Å². The lowest BCUT2D eigenvalue weighted by Gasteiger charge is -2.21. The van der Waals surface area contributed by atoms with Crippen LogP contribution in [0.5, 0.6) is 0 Å². The number of benzene rings is 2. The lowest BCUT2D eigenvalue weighted by Crippen LogP contribution is -2.23. The van der Waals surface area contributed by atoms with E-state index in [1.165, 1.54) is 17.8 Å². The highest BCUT2D eigenvalue weighted by molar-refractivity contribution is 7.99. The van der Waals surface area contributed by atoms with E-state index >= 15 is 0 Å². The zero-order valence-corrected chi connectivity index (χ0v) is 12.1. The maximum Gasteiger partial charge on any atom is 0.127 e. The number of halogens is 2. The highest BCUT2D eigenvalue weighted by Crippen LogP contribution is 2.40. The van der Waals surface area contributed by atoms with Gasteiger partial charge in [0, 0.05) is 16.5 Å². The topological polar surface area (TPSA) is 26.0 Å². The van der Waals surface area contributed by atoms with E-state index in [-0.39, 0.29) is 17.1 Å². The molecule has 0 aliphatic rings. The first-order valence-electron chi connectivity index (χ1n) is 6.01. The van der Waals surface area contributed by atoms with Gasteiger partial charge in [-0.05, 0) is 25.1 Å². The van der Waals surface area contributed by atoms with Crippen LogP contribution in [0.2, 0.25) is 5.02 Å². The summed E-state index contributed by atoms with van der Waals surface area (Å²) in [5.74, 6) is -0.232. The zero-order valence-electron chi connectivity index (χ0n) is 10.5. The molecule has 0 bridgehead atoms. The number of hydrogen-bond acceptors (Lipinski definition) is 2. The quantitative estimate of drug-likeness (QED) is 0.830. The van der Waals surface area contributed by atoms with Crippen LogP contribution < -0.4 is 5.73 Å². The van der Waals surface area contributed by atoms with Gasteiger partial charge in [-0.1, -0.05) is 41.9 Å². The summed E-state index contributed by atoms with van der Waals surface area (Å²) >= 11 is 7.64. The predicted octanol–water partition coefficient (Wildman–Crippen LogP) is 4.66. The van der Waals surface area contributed by atoms with Gasteiger partial charge in [0.1, 0.15) is 5.82 Å². The minimum Gasteiger partial charge on any atom is -0.327 e. The number of thioether (sulfide) groups is 1. The first-order chi connectivity index (χ1) is 9.09. The molecule has 0 aliphatic carbocycles. The van der Waals surface area contributed by atoms with E-state index in [1.54, 1.807) is 12.1 Å². The van der Waals surface area contributed by atoms with Crippen LogP contribution in [-0.4, -0.2) is 6.04 Å². The van der Waals surface area contributed by atoms with Crippen molar-refractivity contribution in [2.75, 3.05) is 0 Å². The fourth-order valence-corrected chi connectivity index (χ4v) is 3.25. The average Bonchev–Trinajstić information content (AvgIpc) is 2.38. The molecular weight excluding hydrogens is 281 g/mol. The lowest BCUT2D eigenvalue weighted by molar-refractivity contribution is 0.592. The molecule has 2 aromatic carbocycles. The molecule has 0 saturated carbocycles. The van der Waals surface area contributed by atoms with Crippen molar-refractivity contribution in [3.8, 4) is 0 Å². The molecule has 0 saturated heterocycles. The van der Waals surface area contributed by atoms with Gasteiger partial charge < -0.3 is 5.73 Å². The first kappa shape index (κ1) is 14.4. The fourth-order valence-electron chi connectivity index (χ4n) is 1.84. The zero-order chi connectivity index (χ0) is 13.8. The van der Waals surface area contributed by atoms with Crippen molar-refractivity contribution in [1.29, 1.82) is 0 Å². The van der Waals surface area contributed by atoms with E-state index in [9.17, 15) is 4.39 Å². The Hall–Kier alpha value is -1.03. The molecule has 0 amide bonds. The van der Waals surface area contributed by atoms with Gasteiger partial charge in [-0.3, -0.25) is 0 Å². The minimum atomic E-state index is -0.232. The summed E-state index contributed by atoms with van der Waals surface area (Å²) in [7, 11) is 0. The molecule has 2 aromatic rings. The van der Waals surface area contributed by atoms with Gasteiger partial charge >= 0.3 is 0 Å². The molecule has 0 heterocycles. The van der Waals surface area contributed by atoms with Crippen molar-refractivity contribution in [3.63, 3.8) is 0 Å². The number of nitrogens with two attached hydrogens (primary N) is 1. The summed E-state index contributed by atoms with van der Waals surface area (Å²) in [6.45, 7) is 1.88. The van der Waals surface area contributed by atoms with E-state index in [2.05, 4.69) is 0 Å². The molecule has 0 aromatic heterocycles. The van der Waals surface area contributed by atoms with Crippen molar-refractivity contribution in [3.05, 3.63) is 64.9 Å². The van der Waals surface area contributed by atoms with E-state index in [4.69, 9.17) is 17.3 Å². The summed E-state index contributed by atoms with van der Waals surface area (Å²) in [5.41, 5.74) is 6.62. The second-order valence-electron chi connectivity index (χ2n) is 4.35. The second-order valence-corrected chi connectivity index (χ2v) is 5.94. The first-order valence-corrected chi connectivity index (χ1v) is 7.26. The van der Waals surface area contributed by atoms with Crippen LogP contribution in [0.25, 0.3) is 0 Å². The standard InChI is InChI=1S/C15H15ClFNS/c1-10(18)15(11-6-2-4-8-13(11)17)19-14-9-5-3-7-12(14)16/h2-10,15H,18H2,1H3. The largest absolute Gasteiger partial charge is 0.327 e. The smallest absolute Gasteiger partial charge is 0.127 e. The molecule has 0 spiro atoms. The van der Waals surface area contributed by atoms with Gasteiger partial charge in [-0.25, -0.2) is 4.39 Å². The van der Waals surface area contributed by atoms with Gasteiger partial charge in [-0.2, -0.15) is 0 Å². The molecule has 0 fully saturated rings. The lowest BCUT2D eigenvalue weighted by atomic mass is 10.1. The van der Waals surface area contributed by atoms with Crippen LogP contribution in [0, 0.1) is 5.82 Å². The molecule has 2 atom stereocenters. The van der Waals surface area contributed by atoms with Crippen LogP contribution >= 0.6 is 23.4 Å². The fraction of sp³-hybridized carbons (Fsp3) is 0.200. The Morgan fingerprint density at radius 1 is 1.11 bits per heavy atom. The monoisotopic (exact) mass is 295 g/mol. The number of rotatable bonds is 4. The highest BCUT2D eigenvalue weighted by atomic mass is 35.5. The second kappa shape index (κ2) is 6.42. The van der Waals surface area contributed by atoms with Crippen LogP contribution in [0.4, 0.5) is 4.39 Å². The summed E-state index contributed by atoms with van der Waals surface area (Å²) in [6.07, 6.45) is 0. The van der Waals surface area contributed by atoms with Gasteiger partial charge in [0.15, 0.2) is 0 Å². The predicted molar refractivity (Wildman–Crippen MR) is 80.1 cm³/mol. The average molecular weight is 296 g/mol. The third-order valence-corrected chi connectivity index (χ3v) is 4.77.